The summed E-state index contributed by atoms with van der Waals surface area (Å²) >= 11 is 0. The third-order valence-corrected chi connectivity index (χ3v) is 2.83. The minimum absolute atomic E-state index is 0.0438. The Morgan fingerprint density at radius 1 is 1.15 bits per heavy atom. The first kappa shape index (κ1) is 12.0. The number of H-pyrrole nitrogens is 1. The van der Waals surface area contributed by atoms with Crippen molar-refractivity contribution in [1.29, 1.82) is 0 Å². The van der Waals surface area contributed by atoms with Crippen molar-refractivity contribution < 1.29 is 4.79 Å². The Labute approximate surface area is 113 Å². The van der Waals surface area contributed by atoms with Crippen molar-refractivity contribution in [2.45, 2.75) is 0 Å². The Morgan fingerprint density at radius 3 is 2.75 bits per heavy atom. The molecule has 0 aliphatic carbocycles. The van der Waals surface area contributed by atoms with Gasteiger partial charge in [0.25, 0.3) is 5.91 Å². The summed E-state index contributed by atoms with van der Waals surface area (Å²) in [7, 11) is 0. The van der Waals surface area contributed by atoms with E-state index in [1.165, 1.54) is 6.20 Å². The summed E-state index contributed by atoms with van der Waals surface area (Å²) in [4.78, 5) is 35.1. The molecule has 2 N–H and O–H groups in total. The molecule has 0 aliphatic heterocycles. The molecule has 0 saturated heterocycles. The van der Waals surface area contributed by atoms with Gasteiger partial charge in [-0.3, -0.25) is 14.6 Å². The molecule has 0 saturated carbocycles. The van der Waals surface area contributed by atoms with Crippen molar-refractivity contribution in [3.05, 3.63) is 64.8 Å². The van der Waals surface area contributed by atoms with Gasteiger partial charge in [0.15, 0.2) is 0 Å². The fourth-order valence-electron chi connectivity index (χ4n) is 1.86. The fraction of sp³-hybridized carbons (Fsp3) is 0. The predicted molar refractivity (Wildman–Crippen MR) is 74.6 cm³/mol. The number of hydrogen-bond donors (Lipinski definition) is 2. The number of aromatic nitrogens is 3. The van der Waals surface area contributed by atoms with E-state index in [2.05, 4.69) is 20.3 Å². The van der Waals surface area contributed by atoms with Gasteiger partial charge in [-0.1, -0.05) is 0 Å². The maximum atomic E-state index is 12.2. The number of aromatic amines is 1. The molecule has 3 aromatic heterocycles. The van der Waals surface area contributed by atoms with Crippen LogP contribution in [0.1, 0.15) is 10.4 Å². The highest BCUT2D eigenvalue weighted by Crippen LogP contribution is 2.07. The lowest BCUT2D eigenvalue weighted by atomic mass is 10.2. The van der Waals surface area contributed by atoms with Gasteiger partial charge in [0.1, 0.15) is 11.2 Å². The average Bonchev–Trinajstić information content (AvgIpc) is 2.49. The number of anilines is 1. The zero-order chi connectivity index (χ0) is 13.9. The van der Waals surface area contributed by atoms with Gasteiger partial charge in [0.05, 0.1) is 5.39 Å². The summed E-state index contributed by atoms with van der Waals surface area (Å²) in [5, 5.41) is 3.03. The molecule has 0 aliphatic rings. The highest BCUT2D eigenvalue weighted by atomic mass is 16.2. The number of pyridine rings is 3. The molecule has 0 radical (unpaired) electrons. The standard InChI is InChI=1S/C14H10N4O2/c19-12-10-2-1-5-16-13(10)17-8-11(12)14(20)18-9-3-6-15-7-4-9/h1-8H,(H,15,18,20)(H,16,17,19). The van der Waals surface area contributed by atoms with E-state index in [0.29, 0.717) is 16.7 Å². The normalized spacial score (nSPS) is 10.4. The van der Waals surface area contributed by atoms with Gasteiger partial charge in [0, 0.05) is 30.5 Å². The van der Waals surface area contributed by atoms with Crippen LogP contribution in [0.25, 0.3) is 11.0 Å². The van der Waals surface area contributed by atoms with E-state index >= 15 is 0 Å². The van der Waals surface area contributed by atoms with Crippen LogP contribution in [0, 0.1) is 0 Å². The topological polar surface area (TPSA) is 87.7 Å². The minimum Gasteiger partial charge on any atom is -0.345 e. The van der Waals surface area contributed by atoms with E-state index in [1.54, 1.807) is 42.9 Å². The highest BCUT2D eigenvalue weighted by Gasteiger charge is 2.13. The second-order valence-electron chi connectivity index (χ2n) is 4.12. The average molecular weight is 266 g/mol. The SMILES string of the molecule is O=C(Nc1ccncc1)c1c[nH]c2ncccc2c1=O. The highest BCUT2D eigenvalue weighted by molar-refractivity contribution is 6.05. The van der Waals surface area contributed by atoms with Crippen LogP contribution in [-0.2, 0) is 0 Å². The molecule has 0 aromatic carbocycles. The van der Waals surface area contributed by atoms with Crippen molar-refractivity contribution in [3.8, 4) is 0 Å². The first-order chi connectivity index (χ1) is 9.75. The van der Waals surface area contributed by atoms with Gasteiger partial charge in [-0.2, -0.15) is 0 Å². The van der Waals surface area contributed by atoms with Crippen LogP contribution in [0.3, 0.4) is 0 Å². The van der Waals surface area contributed by atoms with Gasteiger partial charge >= 0.3 is 0 Å². The number of rotatable bonds is 2. The third kappa shape index (κ3) is 2.14. The van der Waals surface area contributed by atoms with Gasteiger partial charge in [-0.15, -0.1) is 0 Å². The zero-order valence-corrected chi connectivity index (χ0v) is 10.3. The van der Waals surface area contributed by atoms with E-state index in [0.717, 1.165) is 0 Å². The lowest BCUT2D eigenvalue weighted by Crippen LogP contribution is -2.22. The van der Waals surface area contributed by atoms with Gasteiger partial charge in [0.2, 0.25) is 5.43 Å². The van der Waals surface area contributed by atoms with Crippen LogP contribution < -0.4 is 10.7 Å². The summed E-state index contributed by atoms with van der Waals surface area (Å²) in [5.41, 5.74) is 0.731. The van der Waals surface area contributed by atoms with E-state index in [4.69, 9.17) is 0 Å². The molecule has 3 heterocycles. The Morgan fingerprint density at radius 2 is 1.95 bits per heavy atom. The number of amides is 1. The second kappa shape index (κ2) is 4.93. The smallest absolute Gasteiger partial charge is 0.261 e. The van der Waals surface area contributed by atoms with Crippen molar-refractivity contribution in [2.24, 2.45) is 0 Å². The Balaban J connectivity index is 2.00. The van der Waals surface area contributed by atoms with E-state index in [-0.39, 0.29) is 11.0 Å². The van der Waals surface area contributed by atoms with Crippen molar-refractivity contribution in [3.63, 3.8) is 0 Å². The van der Waals surface area contributed by atoms with Crippen LogP contribution in [0.4, 0.5) is 5.69 Å². The quantitative estimate of drug-likeness (QED) is 0.737. The summed E-state index contributed by atoms with van der Waals surface area (Å²) < 4.78 is 0. The molecule has 20 heavy (non-hydrogen) atoms. The Kier molecular flexibility index (Phi) is 2.96. The number of carbonyl (C=O) groups excluding carboxylic acids is 1. The van der Waals surface area contributed by atoms with Gasteiger partial charge < -0.3 is 10.3 Å². The van der Waals surface area contributed by atoms with Crippen LogP contribution in [0.5, 0.6) is 0 Å². The Hall–Kier alpha value is -3.02. The molecule has 3 aromatic rings. The van der Waals surface area contributed by atoms with Crippen LogP contribution in [0.2, 0.25) is 0 Å². The van der Waals surface area contributed by atoms with E-state index in [9.17, 15) is 9.59 Å². The summed E-state index contributed by atoms with van der Waals surface area (Å²) in [6.07, 6.45) is 6.07. The van der Waals surface area contributed by atoms with Crippen LogP contribution >= 0.6 is 0 Å². The van der Waals surface area contributed by atoms with Gasteiger partial charge in [-0.25, -0.2) is 4.98 Å². The van der Waals surface area contributed by atoms with Crippen molar-refractivity contribution in [1.82, 2.24) is 15.0 Å². The molecule has 0 fully saturated rings. The fourth-order valence-corrected chi connectivity index (χ4v) is 1.86. The molecule has 1 amide bonds. The summed E-state index contributed by atoms with van der Waals surface area (Å²) in [5.74, 6) is -0.469. The van der Waals surface area contributed by atoms with Crippen molar-refractivity contribution in [2.75, 3.05) is 5.32 Å². The molecule has 6 heteroatoms. The lowest BCUT2D eigenvalue weighted by Gasteiger charge is -2.05. The molecule has 0 spiro atoms. The maximum Gasteiger partial charge on any atom is 0.261 e. The number of hydrogen-bond acceptors (Lipinski definition) is 4. The second-order valence-corrected chi connectivity index (χ2v) is 4.12. The zero-order valence-electron chi connectivity index (χ0n) is 10.3. The molecule has 6 nitrogen and oxygen atoms in total. The molecule has 0 unspecified atom stereocenters. The largest absolute Gasteiger partial charge is 0.345 e. The Bertz CT molecular complexity index is 827. The number of carbonyl (C=O) groups is 1. The summed E-state index contributed by atoms with van der Waals surface area (Å²) in [6, 6.07) is 6.58. The number of fused-ring (bicyclic) bond motifs is 1. The monoisotopic (exact) mass is 266 g/mol. The predicted octanol–water partition coefficient (Wildman–Crippen LogP) is 1.57. The molecule has 0 atom stereocenters. The van der Waals surface area contributed by atoms with E-state index < -0.39 is 5.91 Å². The molecule has 0 bridgehead atoms. The third-order valence-electron chi connectivity index (χ3n) is 2.83. The molecule has 98 valence electrons. The minimum atomic E-state index is -0.469. The molecular formula is C14H10N4O2. The summed E-state index contributed by atoms with van der Waals surface area (Å²) in [6.45, 7) is 0. The lowest BCUT2D eigenvalue weighted by molar-refractivity contribution is 0.102. The maximum absolute atomic E-state index is 12.2. The van der Waals surface area contributed by atoms with Crippen LogP contribution in [-0.4, -0.2) is 20.9 Å². The first-order valence-electron chi connectivity index (χ1n) is 5.93. The van der Waals surface area contributed by atoms with E-state index in [1.807, 2.05) is 0 Å². The van der Waals surface area contributed by atoms with Crippen molar-refractivity contribution >= 4 is 22.6 Å². The number of nitrogens with one attached hydrogen (secondary N) is 2. The first-order valence-corrected chi connectivity index (χ1v) is 5.93. The van der Waals surface area contributed by atoms with Crippen LogP contribution in [0.15, 0.2) is 53.8 Å². The van der Waals surface area contributed by atoms with Gasteiger partial charge in [-0.05, 0) is 24.3 Å². The molecule has 3 rings (SSSR count). The number of nitrogens with zero attached hydrogens (tertiary/aromatic N) is 2. The molecular weight excluding hydrogens is 256 g/mol.